The molecule has 0 radical (unpaired) electrons. The highest BCUT2D eigenvalue weighted by molar-refractivity contribution is 14.0. The zero-order valence-electron chi connectivity index (χ0n) is 11.7. The molecule has 0 aliphatic heterocycles. The second kappa shape index (κ2) is 6.93. The van der Waals surface area contributed by atoms with Crippen molar-refractivity contribution in [1.82, 2.24) is 9.88 Å². The maximum Gasteiger partial charge on any atom is 0.191 e. The highest BCUT2D eigenvalue weighted by atomic mass is 127. The quantitative estimate of drug-likeness (QED) is 0.494. The Morgan fingerprint density at radius 1 is 1.42 bits per heavy atom. The fourth-order valence-corrected chi connectivity index (χ4v) is 1.88. The molecule has 1 aliphatic rings. The van der Waals surface area contributed by atoms with Gasteiger partial charge in [-0.1, -0.05) is 6.07 Å². The minimum absolute atomic E-state index is 0. The summed E-state index contributed by atoms with van der Waals surface area (Å²) in [6.45, 7) is 0.574. The summed E-state index contributed by atoms with van der Waals surface area (Å²) >= 11 is 0. The summed E-state index contributed by atoms with van der Waals surface area (Å²) in [7, 11) is 5.97. The van der Waals surface area contributed by atoms with E-state index < -0.39 is 0 Å². The number of guanidine groups is 1. The predicted octanol–water partition coefficient (Wildman–Crippen LogP) is 1.67. The SMILES string of the molecule is CN(C)c1ncccc1CN=C(N)N(C)C1CC1.I. The van der Waals surface area contributed by atoms with Crippen molar-refractivity contribution in [3.63, 3.8) is 0 Å². The first-order valence-corrected chi connectivity index (χ1v) is 6.23. The lowest BCUT2D eigenvalue weighted by Crippen LogP contribution is -2.35. The first kappa shape index (κ1) is 16.0. The number of hydrogen-bond acceptors (Lipinski definition) is 3. The number of pyridine rings is 1. The summed E-state index contributed by atoms with van der Waals surface area (Å²) in [6.07, 6.45) is 4.24. The first-order chi connectivity index (χ1) is 8.59. The molecule has 19 heavy (non-hydrogen) atoms. The van der Waals surface area contributed by atoms with E-state index in [9.17, 15) is 0 Å². The van der Waals surface area contributed by atoms with Crippen LogP contribution in [0.2, 0.25) is 0 Å². The summed E-state index contributed by atoms with van der Waals surface area (Å²) in [5.74, 6) is 1.56. The van der Waals surface area contributed by atoms with Crippen LogP contribution in [0.5, 0.6) is 0 Å². The third-order valence-corrected chi connectivity index (χ3v) is 3.16. The van der Waals surface area contributed by atoms with Gasteiger partial charge >= 0.3 is 0 Å². The fraction of sp³-hybridized carbons (Fsp3) is 0.538. The summed E-state index contributed by atoms with van der Waals surface area (Å²) < 4.78 is 0. The number of hydrogen-bond donors (Lipinski definition) is 1. The maximum absolute atomic E-state index is 5.97. The third-order valence-electron chi connectivity index (χ3n) is 3.16. The average Bonchev–Trinajstić information content (AvgIpc) is 3.19. The van der Waals surface area contributed by atoms with Crippen LogP contribution in [0.4, 0.5) is 5.82 Å². The van der Waals surface area contributed by atoms with Crippen molar-refractivity contribution in [2.24, 2.45) is 10.7 Å². The van der Waals surface area contributed by atoms with Gasteiger partial charge in [-0.15, -0.1) is 24.0 Å². The zero-order valence-corrected chi connectivity index (χ0v) is 14.0. The molecule has 0 aromatic carbocycles. The van der Waals surface area contributed by atoms with E-state index in [0.29, 0.717) is 18.5 Å². The number of anilines is 1. The van der Waals surface area contributed by atoms with Crippen LogP contribution in [0.3, 0.4) is 0 Å². The topological polar surface area (TPSA) is 57.8 Å². The van der Waals surface area contributed by atoms with Gasteiger partial charge in [0.05, 0.1) is 6.54 Å². The number of aromatic nitrogens is 1. The van der Waals surface area contributed by atoms with Gasteiger partial charge in [-0.3, -0.25) is 0 Å². The van der Waals surface area contributed by atoms with Gasteiger partial charge in [-0.2, -0.15) is 0 Å². The smallest absolute Gasteiger partial charge is 0.191 e. The van der Waals surface area contributed by atoms with Gasteiger partial charge in [0.2, 0.25) is 0 Å². The summed E-state index contributed by atoms with van der Waals surface area (Å²) in [5.41, 5.74) is 7.07. The normalized spacial score (nSPS) is 14.8. The van der Waals surface area contributed by atoms with Crippen LogP contribution in [0, 0.1) is 0 Å². The van der Waals surface area contributed by atoms with Gasteiger partial charge in [0.25, 0.3) is 0 Å². The molecule has 0 amide bonds. The lowest BCUT2D eigenvalue weighted by atomic mass is 10.2. The van der Waals surface area contributed by atoms with E-state index >= 15 is 0 Å². The van der Waals surface area contributed by atoms with Crippen molar-refractivity contribution in [2.75, 3.05) is 26.0 Å². The van der Waals surface area contributed by atoms with Crippen LogP contribution >= 0.6 is 24.0 Å². The predicted molar refractivity (Wildman–Crippen MR) is 90.1 cm³/mol. The van der Waals surface area contributed by atoms with Gasteiger partial charge in [0.1, 0.15) is 5.82 Å². The lowest BCUT2D eigenvalue weighted by Gasteiger charge is -2.18. The van der Waals surface area contributed by atoms with Crippen molar-refractivity contribution >= 4 is 35.8 Å². The van der Waals surface area contributed by atoms with E-state index in [1.807, 2.05) is 38.2 Å². The van der Waals surface area contributed by atoms with Crippen molar-refractivity contribution in [1.29, 1.82) is 0 Å². The van der Waals surface area contributed by atoms with Crippen molar-refractivity contribution in [2.45, 2.75) is 25.4 Å². The second-order valence-corrected chi connectivity index (χ2v) is 4.90. The van der Waals surface area contributed by atoms with Gasteiger partial charge < -0.3 is 15.5 Å². The average molecular weight is 375 g/mol. The van der Waals surface area contributed by atoms with Gasteiger partial charge in [0.15, 0.2) is 5.96 Å². The Labute approximate surface area is 131 Å². The molecule has 1 saturated carbocycles. The Hall–Kier alpha value is -1.05. The molecule has 0 atom stereocenters. The molecule has 2 N–H and O–H groups in total. The third kappa shape index (κ3) is 4.22. The Bertz CT molecular complexity index is 442. The van der Waals surface area contributed by atoms with Crippen LogP contribution in [-0.4, -0.2) is 43.0 Å². The zero-order chi connectivity index (χ0) is 13.1. The number of nitrogens with zero attached hydrogens (tertiary/aromatic N) is 4. The van der Waals surface area contributed by atoms with Crippen molar-refractivity contribution in [3.8, 4) is 0 Å². The van der Waals surface area contributed by atoms with Gasteiger partial charge in [-0.25, -0.2) is 9.98 Å². The summed E-state index contributed by atoms with van der Waals surface area (Å²) in [6, 6.07) is 4.56. The van der Waals surface area contributed by atoms with E-state index in [1.165, 1.54) is 12.8 Å². The highest BCUT2D eigenvalue weighted by Crippen LogP contribution is 2.25. The fourth-order valence-electron chi connectivity index (χ4n) is 1.88. The molecule has 1 heterocycles. The molecule has 1 aliphatic carbocycles. The summed E-state index contributed by atoms with van der Waals surface area (Å²) in [4.78, 5) is 12.9. The Morgan fingerprint density at radius 2 is 2.11 bits per heavy atom. The number of nitrogens with two attached hydrogens (primary N) is 1. The molecule has 1 fully saturated rings. The molecule has 0 saturated heterocycles. The molecular formula is C13H22IN5. The van der Waals surface area contributed by atoms with Crippen molar-refractivity contribution < 1.29 is 0 Å². The van der Waals surface area contributed by atoms with Crippen LogP contribution in [0.25, 0.3) is 0 Å². The molecule has 0 unspecified atom stereocenters. The largest absolute Gasteiger partial charge is 0.370 e. The first-order valence-electron chi connectivity index (χ1n) is 6.23. The summed E-state index contributed by atoms with van der Waals surface area (Å²) in [5, 5.41) is 0. The van der Waals surface area contributed by atoms with Crippen LogP contribution in [-0.2, 0) is 6.54 Å². The molecule has 1 aromatic rings. The number of halogens is 1. The number of rotatable bonds is 4. The molecule has 106 valence electrons. The molecule has 0 bridgehead atoms. The Kier molecular flexibility index (Phi) is 5.84. The molecule has 6 heteroatoms. The van der Waals surface area contributed by atoms with E-state index in [2.05, 4.69) is 14.9 Å². The highest BCUT2D eigenvalue weighted by Gasteiger charge is 2.27. The lowest BCUT2D eigenvalue weighted by molar-refractivity contribution is 0.487. The minimum Gasteiger partial charge on any atom is -0.370 e. The minimum atomic E-state index is 0. The van der Waals surface area contributed by atoms with E-state index in [1.54, 1.807) is 6.20 Å². The molecular weight excluding hydrogens is 353 g/mol. The second-order valence-electron chi connectivity index (χ2n) is 4.90. The maximum atomic E-state index is 5.97. The van der Waals surface area contributed by atoms with Gasteiger partial charge in [-0.05, 0) is 18.9 Å². The van der Waals surface area contributed by atoms with Crippen LogP contribution in [0.15, 0.2) is 23.3 Å². The van der Waals surface area contributed by atoms with Crippen LogP contribution < -0.4 is 10.6 Å². The Balaban J connectivity index is 0.00000180. The van der Waals surface area contributed by atoms with E-state index in [0.717, 1.165) is 11.4 Å². The standard InChI is InChI=1S/C13H21N5.HI/c1-17(2)12-10(5-4-8-15-12)9-16-13(14)18(3)11-6-7-11;/h4-5,8,11H,6-7,9H2,1-3H3,(H2,14,16);1H. The van der Waals surface area contributed by atoms with E-state index in [4.69, 9.17) is 5.73 Å². The van der Waals surface area contributed by atoms with Crippen LogP contribution in [0.1, 0.15) is 18.4 Å². The molecule has 5 nitrogen and oxygen atoms in total. The van der Waals surface area contributed by atoms with Gasteiger partial charge in [0, 0.05) is 38.9 Å². The van der Waals surface area contributed by atoms with E-state index in [-0.39, 0.29) is 24.0 Å². The monoisotopic (exact) mass is 375 g/mol. The number of aliphatic imine (C=N–C) groups is 1. The Morgan fingerprint density at radius 3 is 2.68 bits per heavy atom. The van der Waals surface area contributed by atoms with Crippen molar-refractivity contribution in [3.05, 3.63) is 23.9 Å². The molecule has 0 spiro atoms. The molecule has 1 aromatic heterocycles. The molecule has 2 rings (SSSR count).